The van der Waals surface area contributed by atoms with Crippen LogP contribution in [0.2, 0.25) is 0 Å². The normalized spacial score (nSPS) is 15.1. The summed E-state index contributed by atoms with van der Waals surface area (Å²) in [7, 11) is 0. The van der Waals surface area contributed by atoms with E-state index in [1.807, 2.05) is 42.5 Å². The highest BCUT2D eigenvalue weighted by atomic mass is 16.3. The maximum absolute atomic E-state index is 12.9. The minimum absolute atomic E-state index is 0.0112. The summed E-state index contributed by atoms with van der Waals surface area (Å²) in [6.07, 6.45) is 5.17. The summed E-state index contributed by atoms with van der Waals surface area (Å²) >= 11 is 0. The number of rotatable bonds is 4. The fourth-order valence-electron chi connectivity index (χ4n) is 3.64. The van der Waals surface area contributed by atoms with Gasteiger partial charge < -0.3 is 9.73 Å². The highest BCUT2D eigenvalue weighted by Gasteiger charge is 2.26. The van der Waals surface area contributed by atoms with Gasteiger partial charge in [0, 0.05) is 16.9 Å². The zero-order chi connectivity index (χ0) is 17.9. The van der Waals surface area contributed by atoms with E-state index in [1.165, 1.54) is 6.42 Å². The molecule has 0 spiro atoms. The van der Waals surface area contributed by atoms with Gasteiger partial charge in [0.15, 0.2) is 5.76 Å². The maximum atomic E-state index is 12.9. The molecule has 0 aliphatic heterocycles. The standard InChI is InChI=1S/C22H21NO3/c24-20(15-9-3-1-4-10-15)21-19(17-13-7-8-14-18(17)26-21)23-22(25)16-11-5-2-6-12-16/h1,3-4,7-10,13-14,16H,2,5-6,11-12H2,(H,23,25). The molecule has 0 bridgehead atoms. The molecule has 1 aliphatic carbocycles. The molecule has 1 aliphatic rings. The third kappa shape index (κ3) is 3.15. The Hall–Kier alpha value is -2.88. The number of fused-ring (bicyclic) bond motifs is 1. The van der Waals surface area contributed by atoms with Crippen LogP contribution in [0.4, 0.5) is 5.69 Å². The van der Waals surface area contributed by atoms with Crippen molar-refractivity contribution in [2.75, 3.05) is 5.32 Å². The van der Waals surface area contributed by atoms with Gasteiger partial charge in [-0.15, -0.1) is 0 Å². The van der Waals surface area contributed by atoms with Crippen LogP contribution in [0.15, 0.2) is 59.0 Å². The van der Waals surface area contributed by atoms with Crippen molar-refractivity contribution in [3.63, 3.8) is 0 Å². The molecular formula is C22H21NO3. The summed E-state index contributed by atoms with van der Waals surface area (Å²) < 4.78 is 5.84. The minimum Gasteiger partial charge on any atom is -0.450 e. The molecule has 0 atom stereocenters. The van der Waals surface area contributed by atoms with Crippen LogP contribution in [0.5, 0.6) is 0 Å². The van der Waals surface area contributed by atoms with E-state index in [0.717, 1.165) is 31.1 Å². The second kappa shape index (κ2) is 7.16. The Morgan fingerprint density at radius 3 is 2.35 bits per heavy atom. The number of nitrogens with one attached hydrogen (secondary N) is 1. The van der Waals surface area contributed by atoms with Crippen LogP contribution in [0.1, 0.15) is 48.2 Å². The molecule has 0 unspecified atom stereocenters. The van der Waals surface area contributed by atoms with Crippen LogP contribution >= 0.6 is 0 Å². The van der Waals surface area contributed by atoms with Gasteiger partial charge in [-0.3, -0.25) is 9.59 Å². The summed E-state index contributed by atoms with van der Waals surface area (Å²) in [4.78, 5) is 25.7. The third-order valence-electron chi connectivity index (χ3n) is 5.06. The Kier molecular flexibility index (Phi) is 4.57. The van der Waals surface area contributed by atoms with Gasteiger partial charge in [-0.25, -0.2) is 0 Å². The molecule has 4 rings (SSSR count). The average molecular weight is 347 g/mol. The lowest BCUT2D eigenvalue weighted by atomic mass is 9.88. The number of carbonyl (C=O) groups excluding carboxylic acids is 2. The van der Waals surface area contributed by atoms with E-state index in [-0.39, 0.29) is 23.4 Å². The van der Waals surface area contributed by atoms with Crippen LogP contribution in [0, 0.1) is 5.92 Å². The number of benzene rings is 2. The molecule has 0 saturated heterocycles. The summed E-state index contributed by atoms with van der Waals surface area (Å²) in [5, 5.41) is 3.76. The molecule has 1 fully saturated rings. The van der Waals surface area contributed by atoms with Crippen molar-refractivity contribution < 1.29 is 14.0 Å². The molecule has 4 heteroatoms. The smallest absolute Gasteiger partial charge is 0.230 e. The molecule has 2 aromatic carbocycles. The Balaban J connectivity index is 1.72. The number of ketones is 1. The van der Waals surface area contributed by atoms with Crippen molar-refractivity contribution in [1.82, 2.24) is 0 Å². The maximum Gasteiger partial charge on any atom is 0.230 e. The zero-order valence-corrected chi connectivity index (χ0v) is 14.5. The number of amides is 1. The number of para-hydroxylation sites is 1. The lowest BCUT2D eigenvalue weighted by Gasteiger charge is -2.20. The van der Waals surface area contributed by atoms with Crippen molar-refractivity contribution in [1.29, 1.82) is 0 Å². The molecule has 1 heterocycles. The molecule has 3 aromatic rings. The van der Waals surface area contributed by atoms with Crippen molar-refractivity contribution in [2.24, 2.45) is 5.92 Å². The molecule has 1 N–H and O–H groups in total. The summed E-state index contributed by atoms with van der Waals surface area (Å²) in [5.41, 5.74) is 1.63. The van der Waals surface area contributed by atoms with Crippen LogP contribution < -0.4 is 5.32 Å². The number of anilines is 1. The fourth-order valence-corrected chi connectivity index (χ4v) is 3.64. The monoisotopic (exact) mass is 347 g/mol. The number of hydrogen-bond acceptors (Lipinski definition) is 3. The molecule has 1 aromatic heterocycles. The Morgan fingerprint density at radius 2 is 1.58 bits per heavy atom. The Morgan fingerprint density at radius 1 is 0.885 bits per heavy atom. The van der Waals surface area contributed by atoms with Crippen LogP contribution in [0.25, 0.3) is 11.0 Å². The molecule has 132 valence electrons. The first-order chi connectivity index (χ1) is 12.7. The van der Waals surface area contributed by atoms with E-state index in [0.29, 0.717) is 16.8 Å². The second-order valence-corrected chi connectivity index (χ2v) is 6.82. The van der Waals surface area contributed by atoms with E-state index in [1.54, 1.807) is 12.1 Å². The zero-order valence-electron chi connectivity index (χ0n) is 14.5. The summed E-state index contributed by atoms with van der Waals surface area (Å²) in [6.45, 7) is 0. The number of carbonyl (C=O) groups is 2. The molecular weight excluding hydrogens is 326 g/mol. The first kappa shape index (κ1) is 16.6. The first-order valence-electron chi connectivity index (χ1n) is 9.16. The summed E-state index contributed by atoms with van der Waals surface area (Å²) in [5.74, 6) is -0.0299. The lowest BCUT2D eigenvalue weighted by Crippen LogP contribution is -2.25. The topological polar surface area (TPSA) is 59.3 Å². The van der Waals surface area contributed by atoms with Crippen molar-refractivity contribution in [3.05, 3.63) is 65.9 Å². The van der Waals surface area contributed by atoms with E-state index < -0.39 is 0 Å². The average Bonchev–Trinajstić information content (AvgIpc) is 3.07. The SMILES string of the molecule is O=C(c1ccccc1)c1oc2ccccc2c1NC(=O)C1CCCCC1. The predicted molar refractivity (Wildman–Crippen MR) is 101 cm³/mol. The van der Waals surface area contributed by atoms with Gasteiger partial charge >= 0.3 is 0 Å². The number of hydrogen-bond donors (Lipinski definition) is 1. The van der Waals surface area contributed by atoms with Crippen LogP contribution in [-0.2, 0) is 4.79 Å². The fraction of sp³-hybridized carbons (Fsp3) is 0.273. The largest absolute Gasteiger partial charge is 0.450 e. The highest BCUT2D eigenvalue weighted by molar-refractivity contribution is 6.17. The quantitative estimate of drug-likeness (QED) is 0.661. The van der Waals surface area contributed by atoms with E-state index >= 15 is 0 Å². The minimum atomic E-state index is -0.222. The van der Waals surface area contributed by atoms with Crippen LogP contribution in [-0.4, -0.2) is 11.7 Å². The van der Waals surface area contributed by atoms with Gasteiger partial charge in [-0.1, -0.05) is 61.7 Å². The van der Waals surface area contributed by atoms with Crippen LogP contribution in [0.3, 0.4) is 0 Å². The van der Waals surface area contributed by atoms with E-state index in [9.17, 15) is 9.59 Å². The molecule has 26 heavy (non-hydrogen) atoms. The highest BCUT2D eigenvalue weighted by Crippen LogP contribution is 2.34. The van der Waals surface area contributed by atoms with E-state index in [2.05, 4.69) is 5.32 Å². The number of furan rings is 1. The summed E-state index contributed by atoms with van der Waals surface area (Å²) in [6, 6.07) is 16.4. The van der Waals surface area contributed by atoms with Gasteiger partial charge in [-0.2, -0.15) is 0 Å². The lowest BCUT2D eigenvalue weighted by molar-refractivity contribution is -0.120. The molecule has 4 nitrogen and oxygen atoms in total. The van der Waals surface area contributed by atoms with Gasteiger partial charge in [0.1, 0.15) is 5.58 Å². The van der Waals surface area contributed by atoms with Crippen molar-refractivity contribution >= 4 is 28.3 Å². The van der Waals surface area contributed by atoms with Gasteiger partial charge in [0.25, 0.3) is 0 Å². The first-order valence-corrected chi connectivity index (χ1v) is 9.16. The Labute approximate surface area is 152 Å². The molecule has 0 radical (unpaired) electrons. The second-order valence-electron chi connectivity index (χ2n) is 6.82. The molecule has 1 amide bonds. The predicted octanol–water partition coefficient (Wildman–Crippen LogP) is 5.18. The van der Waals surface area contributed by atoms with Gasteiger partial charge in [0.05, 0.1) is 5.69 Å². The van der Waals surface area contributed by atoms with Crippen molar-refractivity contribution in [2.45, 2.75) is 32.1 Å². The molecule has 1 saturated carbocycles. The third-order valence-corrected chi connectivity index (χ3v) is 5.06. The van der Waals surface area contributed by atoms with Gasteiger partial charge in [0.2, 0.25) is 11.7 Å². The van der Waals surface area contributed by atoms with E-state index in [4.69, 9.17) is 4.42 Å². The van der Waals surface area contributed by atoms with Crippen molar-refractivity contribution in [3.8, 4) is 0 Å². The van der Waals surface area contributed by atoms with Gasteiger partial charge in [-0.05, 0) is 25.0 Å². The Bertz CT molecular complexity index is 936.